The van der Waals surface area contributed by atoms with Crippen LogP contribution in [0.4, 0.5) is 10.1 Å². The molecule has 7 heteroatoms. The van der Waals surface area contributed by atoms with Crippen LogP contribution in [-0.2, 0) is 6.54 Å². The van der Waals surface area contributed by atoms with E-state index >= 15 is 0 Å². The molecule has 19 heavy (non-hydrogen) atoms. The van der Waals surface area contributed by atoms with Gasteiger partial charge in [0.25, 0.3) is 5.91 Å². The summed E-state index contributed by atoms with van der Waals surface area (Å²) in [4.78, 5) is 16.0. The Morgan fingerprint density at radius 3 is 3.00 bits per heavy atom. The first-order chi connectivity index (χ1) is 9.10. The monoisotopic (exact) mass is 374 g/mol. The lowest BCUT2D eigenvalue weighted by Crippen LogP contribution is -2.13. The topological polar surface area (TPSA) is 72.9 Å². The van der Waals surface area contributed by atoms with Crippen LogP contribution in [0.1, 0.15) is 10.5 Å². The second kappa shape index (κ2) is 6.11. The Labute approximate surface area is 123 Å². The highest BCUT2D eigenvalue weighted by molar-refractivity contribution is 14.1. The van der Waals surface area contributed by atoms with Gasteiger partial charge in [0.05, 0.1) is 12.0 Å². The molecule has 0 aliphatic heterocycles. The normalized spacial score (nSPS) is 10.5. The molecule has 3 N–H and O–H groups in total. The molecule has 1 heterocycles. The van der Waals surface area contributed by atoms with Crippen molar-refractivity contribution in [1.82, 2.24) is 9.55 Å². The average Bonchev–Trinajstić information content (AvgIpc) is 2.82. The van der Waals surface area contributed by atoms with Crippen LogP contribution in [0.2, 0.25) is 0 Å². The van der Waals surface area contributed by atoms with Gasteiger partial charge in [0.1, 0.15) is 11.5 Å². The maximum atomic E-state index is 13.0. The van der Waals surface area contributed by atoms with Crippen LogP contribution >= 0.6 is 22.6 Å². The van der Waals surface area contributed by atoms with E-state index in [-0.39, 0.29) is 11.7 Å². The van der Waals surface area contributed by atoms with Gasteiger partial charge in [0, 0.05) is 22.9 Å². The molecule has 5 nitrogen and oxygen atoms in total. The van der Waals surface area contributed by atoms with E-state index in [9.17, 15) is 9.18 Å². The molecule has 2 rings (SSSR count). The van der Waals surface area contributed by atoms with Gasteiger partial charge >= 0.3 is 0 Å². The molecule has 100 valence electrons. The average molecular weight is 374 g/mol. The van der Waals surface area contributed by atoms with Crippen molar-refractivity contribution in [2.24, 2.45) is 5.73 Å². The highest BCUT2D eigenvalue weighted by Gasteiger charge is 2.11. The number of nitrogens with zero attached hydrogens (tertiary/aromatic N) is 2. The van der Waals surface area contributed by atoms with E-state index < -0.39 is 0 Å². The minimum absolute atomic E-state index is 0.300. The molecule has 0 radical (unpaired) electrons. The Morgan fingerprint density at radius 2 is 2.32 bits per heavy atom. The van der Waals surface area contributed by atoms with Crippen molar-refractivity contribution in [3.05, 3.63) is 45.8 Å². The van der Waals surface area contributed by atoms with E-state index in [1.165, 1.54) is 18.2 Å². The number of aromatic nitrogens is 2. The molecule has 1 aromatic heterocycles. The number of halogens is 2. The minimum atomic E-state index is -0.338. The summed E-state index contributed by atoms with van der Waals surface area (Å²) in [6.07, 6.45) is 3.18. The van der Waals surface area contributed by atoms with Crippen LogP contribution < -0.4 is 11.1 Å². The number of imidazole rings is 1. The van der Waals surface area contributed by atoms with Crippen molar-refractivity contribution in [2.75, 3.05) is 11.9 Å². The fraction of sp³-hybridized carbons (Fsp3) is 0.167. The first kappa shape index (κ1) is 13.9. The van der Waals surface area contributed by atoms with Crippen LogP contribution in [0.25, 0.3) is 0 Å². The van der Waals surface area contributed by atoms with Crippen molar-refractivity contribution >= 4 is 34.2 Å². The Morgan fingerprint density at radius 1 is 1.53 bits per heavy atom. The van der Waals surface area contributed by atoms with E-state index in [0.29, 0.717) is 28.0 Å². The Kier molecular flexibility index (Phi) is 4.48. The summed E-state index contributed by atoms with van der Waals surface area (Å²) in [5, 5.41) is 2.69. The van der Waals surface area contributed by atoms with Gasteiger partial charge in [0.2, 0.25) is 0 Å². The van der Waals surface area contributed by atoms with E-state index in [1.54, 1.807) is 17.1 Å². The van der Waals surface area contributed by atoms with Crippen molar-refractivity contribution in [1.29, 1.82) is 0 Å². The van der Waals surface area contributed by atoms with Crippen LogP contribution in [0.15, 0.2) is 30.7 Å². The quantitative estimate of drug-likeness (QED) is 0.803. The number of anilines is 1. The van der Waals surface area contributed by atoms with E-state index in [0.717, 1.165) is 0 Å². The van der Waals surface area contributed by atoms with Gasteiger partial charge in [-0.25, -0.2) is 9.37 Å². The van der Waals surface area contributed by atoms with Gasteiger partial charge in [-0.3, -0.25) is 4.79 Å². The zero-order valence-electron chi connectivity index (χ0n) is 9.94. The van der Waals surface area contributed by atoms with Gasteiger partial charge in [-0.2, -0.15) is 0 Å². The number of rotatable bonds is 4. The highest BCUT2D eigenvalue weighted by atomic mass is 127. The number of benzene rings is 1. The van der Waals surface area contributed by atoms with Gasteiger partial charge < -0.3 is 15.6 Å². The number of nitrogens with two attached hydrogens (primary N) is 1. The molecule has 0 saturated heterocycles. The molecule has 1 amide bonds. The predicted octanol–water partition coefficient (Wildman–Crippen LogP) is 1.84. The number of hydrogen-bond acceptors (Lipinski definition) is 3. The molecule has 0 bridgehead atoms. The fourth-order valence-corrected chi connectivity index (χ4v) is 2.14. The third-order valence-electron chi connectivity index (χ3n) is 2.43. The summed E-state index contributed by atoms with van der Waals surface area (Å²) in [5.74, 6) is -0.671. The molecule has 0 unspecified atom stereocenters. The molecule has 2 aromatic rings. The lowest BCUT2D eigenvalue weighted by Gasteiger charge is -2.05. The summed E-state index contributed by atoms with van der Waals surface area (Å²) < 4.78 is 15.3. The van der Waals surface area contributed by atoms with Crippen LogP contribution in [0, 0.1) is 9.39 Å². The molecule has 0 saturated carbocycles. The minimum Gasteiger partial charge on any atom is -0.335 e. The van der Waals surface area contributed by atoms with Crippen LogP contribution in [-0.4, -0.2) is 22.0 Å². The molecule has 0 spiro atoms. The maximum Gasteiger partial charge on any atom is 0.275 e. The standard InChI is InChI=1S/C12H12FIN4O/c13-8-1-2-10(9(14)5-8)17-12(19)11-6-18(4-3-15)7-16-11/h1-2,5-7H,3-4,15H2,(H,17,19). The van der Waals surface area contributed by atoms with Gasteiger partial charge in [0.15, 0.2) is 0 Å². The molecular weight excluding hydrogens is 362 g/mol. The maximum absolute atomic E-state index is 13.0. The Bertz CT molecular complexity index is 599. The lowest BCUT2D eigenvalue weighted by molar-refractivity contribution is 0.102. The molecule has 0 fully saturated rings. The van der Waals surface area contributed by atoms with E-state index in [2.05, 4.69) is 10.3 Å². The molecule has 0 aliphatic rings. The van der Waals surface area contributed by atoms with E-state index in [1.807, 2.05) is 22.6 Å². The lowest BCUT2D eigenvalue weighted by atomic mass is 10.3. The summed E-state index contributed by atoms with van der Waals surface area (Å²) in [6.45, 7) is 1.08. The number of hydrogen-bond donors (Lipinski definition) is 2. The molecule has 0 aliphatic carbocycles. The third-order valence-corrected chi connectivity index (χ3v) is 3.33. The molecular formula is C12H12FIN4O. The summed E-state index contributed by atoms with van der Waals surface area (Å²) in [7, 11) is 0. The van der Waals surface area contributed by atoms with Crippen LogP contribution in [0.5, 0.6) is 0 Å². The number of carbonyl (C=O) groups excluding carboxylic acids is 1. The van der Waals surface area contributed by atoms with E-state index in [4.69, 9.17) is 5.73 Å². The Hall–Kier alpha value is -1.48. The first-order valence-electron chi connectivity index (χ1n) is 5.58. The Balaban J connectivity index is 2.11. The van der Waals surface area contributed by atoms with Crippen molar-refractivity contribution < 1.29 is 9.18 Å². The zero-order valence-corrected chi connectivity index (χ0v) is 12.1. The van der Waals surface area contributed by atoms with Crippen LogP contribution in [0.3, 0.4) is 0 Å². The summed E-state index contributed by atoms with van der Waals surface area (Å²) in [5.41, 5.74) is 6.27. The fourth-order valence-electron chi connectivity index (χ4n) is 1.53. The molecule has 1 aromatic carbocycles. The van der Waals surface area contributed by atoms with Gasteiger partial charge in [-0.1, -0.05) is 0 Å². The SMILES string of the molecule is NCCn1cnc(C(=O)Nc2ccc(F)cc2I)c1. The van der Waals surface area contributed by atoms with Crippen molar-refractivity contribution in [3.8, 4) is 0 Å². The summed E-state index contributed by atoms with van der Waals surface area (Å²) >= 11 is 1.96. The third kappa shape index (κ3) is 3.51. The summed E-state index contributed by atoms with van der Waals surface area (Å²) in [6, 6.07) is 4.17. The van der Waals surface area contributed by atoms with Crippen molar-refractivity contribution in [3.63, 3.8) is 0 Å². The number of amides is 1. The zero-order chi connectivity index (χ0) is 13.8. The highest BCUT2D eigenvalue weighted by Crippen LogP contribution is 2.19. The smallest absolute Gasteiger partial charge is 0.275 e. The number of nitrogens with one attached hydrogen (secondary N) is 1. The second-order valence-electron chi connectivity index (χ2n) is 3.86. The van der Waals surface area contributed by atoms with Gasteiger partial charge in [-0.05, 0) is 40.8 Å². The first-order valence-corrected chi connectivity index (χ1v) is 6.66. The largest absolute Gasteiger partial charge is 0.335 e. The molecule has 0 atom stereocenters. The second-order valence-corrected chi connectivity index (χ2v) is 5.03. The van der Waals surface area contributed by atoms with Gasteiger partial charge in [-0.15, -0.1) is 0 Å². The number of carbonyl (C=O) groups is 1. The predicted molar refractivity (Wildman–Crippen MR) is 78.4 cm³/mol. The van der Waals surface area contributed by atoms with Crippen molar-refractivity contribution in [2.45, 2.75) is 6.54 Å².